The van der Waals surface area contributed by atoms with Crippen LogP contribution in [0.25, 0.3) is 0 Å². The lowest BCUT2D eigenvalue weighted by molar-refractivity contribution is -0.142. The average molecular weight is 288 g/mol. The fourth-order valence-electron chi connectivity index (χ4n) is 2.03. The number of hydrogen-bond donors (Lipinski definition) is 2. The van der Waals surface area contributed by atoms with Crippen LogP contribution in [0.4, 0.5) is 0 Å². The van der Waals surface area contributed by atoms with E-state index in [4.69, 9.17) is 4.42 Å². The van der Waals surface area contributed by atoms with Crippen molar-refractivity contribution in [1.82, 2.24) is 10.3 Å². The Hall–Kier alpha value is -2.63. The number of benzene rings is 1. The van der Waals surface area contributed by atoms with Crippen molar-refractivity contribution in [3.8, 4) is 0 Å². The van der Waals surface area contributed by atoms with Crippen LogP contribution in [0.3, 0.4) is 0 Å². The van der Waals surface area contributed by atoms with E-state index in [2.05, 4.69) is 10.3 Å². The molecular formula is C15H16N2O4. The minimum absolute atomic E-state index is 0.161. The number of amides is 1. The minimum atomic E-state index is -0.985. The summed E-state index contributed by atoms with van der Waals surface area (Å²) in [5.41, 5.74) is 0.885. The topological polar surface area (TPSA) is 92.4 Å². The molecule has 21 heavy (non-hydrogen) atoms. The Morgan fingerprint density at radius 3 is 2.48 bits per heavy atom. The summed E-state index contributed by atoms with van der Waals surface area (Å²) in [6, 6.07) is 8.33. The molecular weight excluding hydrogens is 272 g/mol. The number of carboxylic acids is 1. The molecule has 0 radical (unpaired) electrons. The lowest BCUT2D eigenvalue weighted by atomic mass is 9.94. The molecule has 0 aliphatic carbocycles. The quantitative estimate of drug-likeness (QED) is 0.879. The number of rotatable bonds is 5. The standard InChI is InChI=1S/C15H16N2O4/c1-9(15(19)20)12(11-6-4-3-5-7-11)17-14(18)13-10(2)21-8-16-13/h3-9,12H,1-2H3,(H,17,18)(H,19,20)/t9-,12-/m0/s1. The number of oxazole rings is 1. The summed E-state index contributed by atoms with van der Waals surface area (Å²) in [6.45, 7) is 3.18. The molecule has 2 atom stereocenters. The second-order valence-corrected chi connectivity index (χ2v) is 4.75. The fraction of sp³-hybridized carbons (Fsp3) is 0.267. The molecule has 110 valence electrons. The number of carbonyl (C=O) groups is 2. The average Bonchev–Trinajstić information content (AvgIpc) is 2.91. The van der Waals surface area contributed by atoms with Crippen molar-refractivity contribution < 1.29 is 19.1 Å². The number of aliphatic carboxylic acids is 1. The van der Waals surface area contributed by atoms with Crippen LogP contribution in [0.15, 0.2) is 41.1 Å². The molecule has 0 aliphatic heterocycles. The summed E-state index contributed by atoms with van der Waals surface area (Å²) in [6.07, 6.45) is 1.18. The van der Waals surface area contributed by atoms with Gasteiger partial charge in [-0.3, -0.25) is 9.59 Å². The molecule has 6 nitrogen and oxygen atoms in total. The van der Waals surface area contributed by atoms with E-state index in [9.17, 15) is 14.7 Å². The first-order valence-electron chi connectivity index (χ1n) is 6.49. The highest BCUT2D eigenvalue weighted by Gasteiger charge is 2.28. The summed E-state index contributed by atoms with van der Waals surface area (Å²) in [7, 11) is 0. The first-order valence-corrected chi connectivity index (χ1v) is 6.49. The molecule has 0 saturated heterocycles. The van der Waals surface area contributed by atoms with Crippen LogP contribution in [-0.4, -0.2) is 22.0 Å². The third kappa shape index (κ3) is 3.28. The molecule has 1 heterocycles. The van der Waals surface area contributed by atoms with E-state index in [1.165, 1.54) is 6.39 Å². The Balaban J connectivity index is 2.27. The number of carbonyl (C=O) groups excluding carboxylic acids is 1. The Morgan fingerprint density at radius 2 is 1.95 bits per heavy atom. The zero-order valence-corrected chi connectivity index (χ0v) is 11.7. The maximum atomic E-state index is 12.2. The van der Waals surface area contributed by atoms with Crippen molar-refractivity contribution in [3.05, 3.63) is 53.7 Å². The molecule has 2 N–H and O–H groups in total. The lowest BCUT2D eigenvalue weighted by Gasteiger charge is -2.22. The Bertz CT molecular complexity index is 636. The first kappa shape index (κ1) is 14.8. The predicted octanol–water partition coefficient (Wildman–Crippen LogP) is 2.17. The molecule has 0 fully saturated rings. The number of aromatic nitrogens is 1. The van der Waals surface area contributed by atoms with Crippen LogP contribution < -0.4 is 5.32 Å². The van der Waals surface area contributed by atoms with Gasteiger partial charge < -0.3 is 14.8 Å². The fourth-order valence-corrected chi connectivity index (χ4v) is 2.03. The van der Waals surface area contributed by atoms with E-state index >= 15 is 0 Å². The van der Waals surface area contributed by atoms with Gasteiger partial charge in [0.05, 0.1) is 12.0 Å². The van der Waals surface area contributed by atoms with Crippen molar-refractivity contribution in [2.24, 2.45) is 5.92 Å². The minimum Gasteiger partial charge on any atom is -0.481 e. The van der Waals surface area contributed by atoms with Gasteiger partial charge in [0.25, 0.3) is 5.91 Å². The highest BCUT2D eigenvalue weighted by atomic mass is 16.4. The Morgan fingerprint density at radius 1 is 1.29 bits per heavy atom. The van der Waals surface area contributed by atoms with Gasteiger partial charge in [0.2, 0.25) is 0 Å². The second kappa shape index (κ2) is 6.21. The Labute approximate surface area is 121 Å². The maximum Gasteiger partial charge on any atom is 0.308 e. The SMILES string of the molecule is Cc1ocnc1C(=O)N[C@H](c1ccccc1)[C@H](C)C(=O)O. The zero-order chi connectivity index (χ0) is 15.4. The molecule has 1 amide bonds. The molecule has 6 heteroatoms. The second-order valence-electron chi connectivity index (χ2n) is 4.75. The zero-order valence-electron chi connectivity index (χ0n) is 11.7. The molecule has 0 bridgehead atoms. The van der Waals surface area contributed by atoms with E-state index in [0.29, 0.717) is 5.76 Å². The summed E-state index contributed by atoms with van der Waals surface area (Å²) < 4.78 is 4.99. The van der Waals surface area contributed by atoms with E-state index in [1.54, 1.807) is 38.1 Å². The molecule has 0 aliphatic rings. The van der Waals surface area contributed by atoms with Crippen LogP contribution in [-0.2, 0) is 4.79 Å². The smallest absolute Gasteiger partial charge is 0.308 e. The first-order chi connectivity index (χ1) is 10.0. The number of nitrogens with zero attached hydrogens (tertiary/aromatic N) is 1. The van der Waals surface area contributed by atoms with E-state index in [0.717, 1.165) is 5.56 Å². The van der Waals surface area contributed by atoms with Gasteiger partial charge in [-0.1, -0.05) is 30.3 Å². The van der Waals surface area contributed by atoms with Gasteiger partial charge in [-0.2, -0.15) is 0 Å². The van der Waals surface area contributed by atoms with Crippen LogP contribution in [0, 0.1) is 12.8 Å². The maximum absolute atomic E-state index is 12.2. The summed E-state index contributed by atoms with van der Waals surface area (Å²) in [5.74, 6) is -1.82. The van der Waals surface area contributed by atoms with Gasteiger partial charge in [-0.15, -0.1) is 0 Å². The molecule has 2 aromatic rings. The summed E-state index contributed by atoms with van der Waals surface area (Å²) in [4.78, 5) is 27.3. The lowest BCUT2D eigenvalue weighted by Crippen LogP contribution is -2.36. The van der Waals surface area contributed by atoms with Crippen molar-refractivity contribution in [1.29, 1.82) is 0 Å². The summed E-state index contributed by atoms with van der Waals surface area (Å²) in [5, 5.41) is 11.9. The molecule has 0 saturated carbocycles. The number of hydrogen-bond acceptors (Lipinski definition) is 4. The predicted molar refractivity (Wildman–Crippen MR) is 74.7 cm³/mol. The number of aryl methyl sites for hydroxylation is 1. The van der Waals surface area contributed by atoms with Crippen LogP contribution in [0.2, 0.25) is 0 Å². The summed E-state index contributed by atoms with van der Waals surface area (Å²) >= 11 is 0. The van der Waals surface area contributed by atoms with Gasteiger partial charge in [0, 0.05) is 0 Å². The van der Waals surface area contributed by atoms with Gasteiger partial charge in [0.15, 0.2) is 12.1 Å². The number of carboxylic acid groups (broad SMARTS) is 1. The normalized spacial score (nSPS) is 13.4. The number of nitrogens with one attached hydrogen (secondary N) is 1. The Kier molecular flexibility index (Phi) is 4.37. The van der Waals surface area contributed by atoms with Crippen molar-refractivity contribution in [2.75, 3.05) is 0 Å². The molecule has 0 unspecified atom stereocenters. The molecule has 1 aromatic carbocycles. The van der Waals surface area contributed by atoms with Crippen LogP contribution in [0.1, 0.15) is 34.8 Å². The van der Waals surface area contributed by atoms with E-state index in [1.807, 2.05) is 6.07 Å². The van der Waals surface area contributed by atoms with E-state index in [-0.39, 0.29) is 5.69 Å². The molecule has 0 spiro atoms. The van der Waals surface area contributed by atoms with Crippen molar-refractivity contribution in [3.63, 3.8) is 0 Å². The monoisotopic (exact) mass is 288 g/mol. The van der Waals surface area contributed by atoms with Gasteiger partial charge in [0.1, 0.15) is 5.76 Å². The van der Waals surface area contributed by atoms with Gasteiger partial charge in [-0.25, -0.2) is 4.98 Å². The third-order valence-electron chi connectivity index (χ3n) is 3.29. The third-order valence-corrected chi connectivity index (χ3v) is 3.29. The highest BCUT2D eigenvalue weighted by Crippen LogP contribution is 2.23. The van der Waals surface area contributed by atoms with Crippen LogP contribution >= 0.6 is 0 Å². The van der Waals surface area contributed by atoms with Crippen molar-refractivity contribution >= 4 is 11.9 Å². The van der Waals surface area contributed by atoms with Gasteiger partial charge in [-0.05, 0) is 19.4 Å². The molecule has 1 aromatic heterocycles. The van der Waals surface area contributed by atoms with Crippen molar-refractivity contribution in [2.45, 2.75) is 19.9 Å². The van der Waals surface area contributed by atoms with E-state index < -0.39 is 23.8 Å². The largest absolute Gasteiger partial charge is 0.481 e. The molecule has 2 rings (SSSR count). The van der Waals surface area contributed by atoms with Crippen LogP contribution in [0.5, 0.6) is 0 Å². The highest BCUT2D eigenvalue weighted by molar-refractivity contribution is 5.93. The van der Waals surface area contributed by atoms with Gasteiger partial charge >= 0.3 is 5.97 Å².